The van der Waals surface area contributed by atoms with Crippen LogP contribution in [0.1, 0.15) is 50.3 Å². The van der Waals surface area contributed by atoms with E-state index in [1.807, 2.05) is 6.21 Å². The van der Waals surface area contributed by atoms with Crippen molar-refractivity contribution in [1.29, 1.82) is 0 Å². The average molecular weight is 275 g/mol. The van der Waals surface area contributed by atoms with Crippen LogP contribution in [0.25, 0.3) is 0 Å². The second kappa shape index (κ2) is 7.54. The summed E-state index contributed by atoms with van der Waals surface area (Å²) < 4.78 is 0. The largest absolute Gasteiger partial charge is 0.292 e. The highest BCUT2D eigenvalue weighted by Gasteiger charge is 2.08. The minimum atomic E-state index is 0.494. The lowest BCUT2D eigenvalue weighted by Crippen LogP contribution is -2.08. The van der Waals surface area contributed by atoms with Crippen molar-refractivity contribution < 1.29 is 0 Å². The molecule has 0 aliphatic rings. The normalized spacial score (nSPS) is 11.7. The summed E-state index contributed by atoms with van der Waals surface area (Å²) in [4.78, 5) is 5.42. The summed E-state index contributed by atoms with van der Waals surface area (Å²) in [6.07, 6.45) is 2.84. The maximum Gasteiger partial charge on any atom is 0.0702 e. The van der Waals surface area contributed by atoms with Gasteiger partial charge in [0.15, 0.2) is 0 Å². The third kappa shape index (κ3) is 5.65. The Labute approximate surface area is 123 Å². The maximum atomic E-state index is 5.46. The lowest BCUT2D eigenvalue weighted by atomic mass is 9.93. The Morgan fingerprint density at radius 3 is 2.53 bits per heavy atom. The Balaban J connectivity index is 2.75. The fraction of sp³-hybridized carbons (Fsp3) is 0.529. The molecule has 2 heteroatoms. The summed E-state index contributed by atoms with van der Waals surface area (Å²) in [5.41, 5.74) is 4.06. The van der Waals surface area contributed by atoms with Gasteiger partial charge in [0.05, 0.1) is 6.54 Å². The van der Waals surface area contributed by atoms with Crippen LogP contribution in [-0.2, 0) is 6.42 Å². The molecule has 0 N–H and O–H groups in total. The first-order valence-corrected chi connectivity index (χ1v) is 7.42. The number of aliphatic imine (C=N–C) groups is 1. The minimum absolute atomic E-state index is 0.494. The van der Waals surface area contributed by atoms with Gasteiger partial charge in [0.2, 0.25) is 0 Å². The molecule has 0 spiro atoms. The first-order valence-electron chi connectivity index (χ1n) is 7.01. The van der Waals surface area contributed by atoms with E-state index in [4.69, 9.17) is 12.2 Å². The molecule has 19 heavy (non-hydrogen) atoms. The number of hydrogen-bond acceptors (Lipinski definition) is 2. The molecule has 1 rings (SSSR count). The van der Waals surface area contributed by atoms with E-state index in [-0.39, 0.29) is 0 Å². The predicted molar refractivity (Wildman–Crippen MR) is 89.8 cm³/mol. The molecule has 104 valence electrons. The molecular formula is C17H25NS. The fourth-order valence-electron chi connectivity index (χ4n) is 2.08. The number of aryl methyl sites for hydroxylation is 1. The van der Waals surface area contributed by atoms with Crippen LogP contribution in [0, 0.1) is 12.8 Å². The Morgan fingerprint density at radius 1 is 1.26 bits per heavy atom. The number of hydrogen-bond donors (Lipinski definition) is 0. The van der Waals surface area contributed by atoms with E-state index in [9.17, 15) is 0 Å². The summed E-state index contributed by atoms with van der Waals surface area (Å²) in [5, 5.41) is 0. The fourth-order valence-corrected chi connectivity index (χ4v) is 2.31. The minimum Gasteiger partial charge on any atom is -0.292 e. The van der Waals surface area contributed by atoms with Gasteiger partial charge < -0.3 is 0 Å². The molecule has 1 aromatic carbocycles. The molecule has 1 nitrogen and oxygen atoms in total. The quantitative estimate of drug-likeness (QED) is 0.538. The zero-order chi connectivity index (χ0) is 14.4. The average Bonchev–Trinajstić information content (AvgIpc) is 2.27. The molecular weight excluding hydrogens is 250 g/mol. The molecule has 0 aliphatic carbocycles. The highest BCUT2D eigenvalue weighted by molar-refractivity contribution is 7.80. The number of thiocarbonyl (C=S) groups is 1. The van der Waals surface area contributed by atoms with Crippen LogP contribution in [0.3, 0.4) is 0 Å². The second-order valence-electron chi connectivity index (χ2n) is 5.81. The van der Waals surface area contributed by atoms with Gasteiger partial charge in [-0.3, -0.25) is 4.99 Å². The number of benzene rings is 1. The summed E-state index contributed by atoms with van der Waals surface area (Å²) in [5.74, 6) is 1.03. The topological polar surface area (TPSA) is 12.4 Å². The first-order chi connectivity index (χ1) is 8.90. The molecule has 0 aliphatic heterocycles. The van der Waals surface area contributed by atoms with Crippen molar-refractivity contribution in [3.8, 4) is 0 Å². The molecule has 0 saturated heterocycles. The van der Waals surface area contributed by atoms with E-state index < -0.39 is 0 Å². The zero-order valence-corrected chi connectivity index (χ0v) is 13.6. The van der Waals surface area contributed by atoms with Gasteiger partial charge in [-0.05, 0) is 29.9 Å². The molecule has 0 aromatic heterocycles. The third-order valence-corrected chi connectivity index (χ3v) is 3.25. The van der Waals surface area contributed by atoms with Gasteiger partial charge in [-0.2, -0.15) is 0 Å². The van der Waals surface area contributed by atoms with Crippen molar-refractivity contribution in [2.24, 2.45) is 10.9 Å². The molecule has 1 aromatic rings. The summed E-state index contributed by atoms with van der Waals surface area (Å²) >= 11 is 5.46. The van der Waals surface area contributed by atoms with Gasteiger partial charge in [-0.1, -0.05) is 63.7 Å². The van der Waals surface area contributed by atoms with Gasteiger partial charge in [-0.25, -0.2) is 0 Å². The van der Waals surface area contributed by atoms with Crippen molar-refractivity contribution >= 4 is 23.3 Å². The zero-order valence-electron chi connectivity index (χ0n) is 12.7. The van der Waals surface area contributed by atoms with Crippen LogP contribution in [-0.4, -0.2) is 17.6 Å². The predicted octanol–water partition coefficient (Wildman–Crippen LogP) is 4.76. The molecule has 0 radical (unpaired) electrons. The highest BCUT2D eigenvalue weighted by atomic mass is 32.1. The van der Waals surface area contributed by atoms with Gasteiger partial charge in [0, 0.05) is 17.5 Å². The van der Waals surface area contributed by atoms with Crippen LogP contribution in [0.2, 0.25) is 0 Å². The molecule has 0 fully saturated rings. The Bertz CT molecular complexity index is 458. The standard InChI is InChI=1S/C17H25NS/c1-12(2)10-18-11-16(19)9-15-8-14(5)6-7-17(15)13(3)4/h6-8,10,12-13H,9,11H2,1-5H3. The molecule has 0 saturated carbocycles. The molecule has 0 amide bonds. The number of nitrogens with zero attached hydrogens (tertiary/aromatic N) is 1. The summed E-state index contributed by atoms with van der Waals surface area (Å²) in [7, 11) is 0. The van der Waals surface area contributed by atoms with Crippen molar-refractivity contribution in [3.05, 3.63) is 34.9 Å². The van der Waals surface area contributed by atoms with E-state index in [1.165, 1.54) is 16.7 Å². The molecule has 0 unspecified atom stereocenters. The van der Waals surface area contributed by atoms with E-state index >= 15 is 0 Å². The summed E-state index contributed by atoms with van der Waals surface area (Å²) in [6, 6.07) is 6.67. The van der Waals surface area contributed by atoms with Crippen molar-refractivity contribution in [1.82, 2.24) is 0 Å². The third-order valence-electron chi connectivity index (χ3n) is 2.98. The van der Waals surface area contributed by atoms with Gasteiger partial charge in [0.1, 0.15) is 0 Å². The SMILES string of the molecule is Cc1ccc(C(C)C)c(CC(=S)CN=CC(C)C)c1. The lowest BCUT2D eigenvalue weighted by molar-refractivity contribution is 0.851. The Morgan fingerprint density at radius 2 is 1.95 bits per heavy atom. The smallest absolute Gasteiger partial charge is 0.0702 e. The van der Waals surface area contributed by atoms with Crippen LogP contribution >= 0.6 is 12.2 Å². The van der Waals surface area contributed by atoms with Gasteiger partial charge in [-0.15, -0.1) is 0 Å². The second-order valence-corrected chi connectivity index (χ2v) is 6.38. The highest BCUT2D eigenvalue weighted by Crippen LogP contribution is 2.21. The van der Waals surface area contributed by atoms with Crippen LogP contribution in [0.15, 0.2) is 23.2 Å². The van der Waals surface area contributed by atoms with E-state index in [2.05, 4.69) is 57.8 Å². The monoisotopic (exact) mass is 275 g/mol. The van der Waals surface area contributed by atoms with E-state index in [0.29, 0.717) is 18.4 Å². The Kier molecular flexibility index (Phi) is 6.36. The van der Waals surface area contributed by atoms with Gasteiger partial charge in [0.25, 0.3) is 0 Å². The van der Waals surface area contributed by atoms with Crippen LogP contribution < -0.4 is 0 Å². The van der Waals surface area contributed by atoms with Crippen molar-refractivity contribution in [3.63, 3.8) is 0 Å². The first kappa shape index (κ1) is 16.0. The van der Waals surface area contributed by atoms with Crippen molar-refractivity contribution in [2.45, 2.75) is 47.0 Å². The van der Waals surface area contributed by atoms with Crippen LogP contribution in [0.4, 0.5) is 0 Å². The molecule has 0 bridgehead atoms. The van der Waals surface area contributed by atoms with E-state index in [0.717, 1.165) is 11.3 Å². The van der Waals surface area contributed by atoms with Crippen molar-refractivity contribution in [2.75, 3.05) is 6.54 Å². The van der Waals surface area contributed by atoms with Gasteiger partial charge >= 0.3 is 0 Å². The molecule has 0 heterocycles. The number of rotatable bonds is 6. The van der Waals surface area contributed by atoms with Crippen LogP contribution in [0.5, 0.6) is 0 Å². The Hall–Kier alpha value is -1.02. The summed E-state index contributed by atoms with van der Waals surface area (Å²) in [6.45, 7) is 11.5. The van der Waals surface area contributed by atoms with E-state index in [1.54, 1.807) is 0 Å². The molecule has 0 atom stereocenters. The lowest BCUT2D eigenvalue weighted by Gasteiger charge is -2.13. The maximum absolute atomic E-state index is 5.46.